The number of oxazole rings is 1. The molecule has 0 aliphatic carbocycles. The third-order valence-corrected chi connectivity index (χ3v) is 3.08. The van der Waals surface area contributed by atoms with Gasteiger partial charge in [0.1, 0.15) is 0 Å². The molecule has 0 saturated heterocycles. The topological polar surface area (TPSA) is 94.3 Å². The molecule has 8 heteroatoms. The molecule has 2 heterocycles. The number of nitrogens with one attached hydrogen (secondary N) is 1. The predicted molar refractivity (Wildman–Crippen MR) is 67.0 cm³/mol. The number of anilines is 1. The summed E-state index contributed by atoms with van der Waals surface area (Å²) in [4.78, 5) is 30.8. The van der Waals surface area contributed by atoms with E-state index in [4.69, 9.17) is 4.42 Å². The minimum atomic E-state index is -0.422. The van der Waals surface area contributed by atoms with Crippen LogP contribution in [-0.4, -0.2) is 29.0 Å². The molecule has 0 aromatic carbocycles. The third-order valence-electron chi connectivity index (χ3n) is 2.28. The Morgan fingerprint density at radius 1 is 1.53 bits per heavy atom. The molecule has 100 valence electrons. The molecule has 0 atom stereocenters. The number of esters is 1. The summed E-state index contributed by atoms with van der Waals surface area (Å²) < 4.78 is 9.50. The molecule has 1 N–H and O–H groups in total. The molecular formula is C11H11N3O4S. The quantitative estimate of drug-likeness (QED) is 0.851. The van der Waals surface area contributed by atoms with Crippen molar-refractivity contribution < 1.29 is 18.7 Å². The molecule has 0 radical (unpaired) electrons. The summed E-state index contributed by atoms with van der Waals surface area (Å²) in [7, 11) is 1.31. The fourth-order valence-corrected chi connectivity index (χ4v) is 2.04. The van der Waals surface area contributed by atoms with Crippen LogP contribution >= 0.6 is 11.3 Å². The number of methoxy groups -OCH3 is 1. The fourth-order valence-electron chi connectivity index (χ4n) is 1.34. The lowest BCUT2D eigenvalue weighted by Gasteiger charge is -1.98. The summed E-state index contributed by atoms with van der Waals surface area (Å²) in [5, 5.41) is 4.65. The Labute approximate surface area is 112 Å². The number of carbonyl (C=O) groups excluding carboxylic acids is 2. The van der Waals surface area contributed by atoms with Crippen LogP contribution in [0.3, 0.4) is 0 Å². The Morgan fingerprint density at radius 3 is 2.95 bits per heavy atom. The van der Waals surface area contributed by atoms with Gasteiger partial charge in [0, 0.05) is 5.38 Å². The van der Waals surface area contributed by atoms with E-state index in [0.717, 1.165) is 0 Å². The molecule has 0 aliphatic rings. The van der Waals surface area contributed by atoms with Gasteiger partial charge in [0.15, 0.2) is 11.5 Å². The lowest BCUT2D eigenvalue weighted by atomic mass is 10.3. The Balaban J connectivity index is 2.02. The summed E-state index contributed by atoms with van der Waals surface area (Å²) in [6.45, 7) is 1.67. The maximum absolute atomic E-state index is 11.8. The van der Waals surface area contributed by atoms with Gasteiger partial charge in [-0.1, -0.05) is 0 Å². The monoisotopic (exact) mass is 281 g/mol. The van der Waals surface area contributed by atoms with Crippen molar-refractivity contribution in [1.29, 1.82) is 0 Å². The van der Waals surface area contributed by atoms with E-state index in [9.17, 15) is 9.59 Å². The van der Waals surface area contributed by atoms with Crippen LogP contribution < -0.4 is 5.32 Å². The number of hydrogen-bond acceptors (Lipinski definition) is 7. The van der Waals surface area contributed by atoms with Gasteiger partial charge in [0.2, 0.25) is 5.76 Å². The zero-order chi connectivity index (χ0) is 13.8. The Hall–Kier alpha value is -2.22. The van der Waals surface area contributed by atoms with Gasteiger partial charge >= 0.3 is 5.97 Å². The number of thiazole rings is 1. The zero-order valence-corrected chi connectivity index (χ0v) is 11.1. The summed E-state index contributed by atoms with van der Waals surface area (Å²) >= 11 is 1.22. The molecule has 0 spiro atoms. The molecule has 19 heavy (non-hydrogen) atoms. The van der Waals surface area contributed by atoms with Crippen molar-refractivity contribution in [2.75, 3.05) is 12.4 Å². The molecule has 1 amide bonds. The first-order valence-corrected chi connectivity index (χ1v) is 6.20. The average Bonchev–Trinajstić information content (AvgIpc) is 2.98. The molecule has 0 bridgehead atoms. The number of hydrogen-bond donors (Lipinski definition) is 1. The highest BCUT2D eigenvalue weighted by Gasteiger charge is 2.16. The normalized spacial score (nSPS) is 10.2. The van der Waals surface area contributed by atoms with Crippen LogP contribution in [0.2, 0.25) is 0 Å². The number of ether oxygens (including phenoxy) is 1. The SMILES string of the molecule is COC(=O)Cc1csc(NC(=O)c2ocnc2C)n1. The Kier molecular flexibility index (Phi) is 3.91. The Bertz CT molecular complexity index is 605. The molecule has 2 rings (SSSR count). The van der Waals surface area contributed by atoms with E-state index < -0.39 is 5.91 Å². The zero-order valence-electron chi connectivity index (χ0n) is 10.3. The smallest absolute Gasteiger partial charge is 0.311 e. The van der Waals surface area contributed by atoms with Gasteiger partial charge in [0.25, 0.3) is 5.91 Å². The number of rotatable bonds is 4. The standard InChI is InChI=1S/C11H11N3O4S/c1-6-9(18-5-12-6)10(16)14-11-13-7(4-19-11)3-8(15)17-2/h4-5H,3H2,1-2H3,(H,13,14,16). The molecule has 0 saturated carbocycles. The van der Waals surface area contributed by atoms with E-state index >= 15 is 0 Å². The minimum Gasteiger partial charge on any atom is -0.469 e. The van der Waals surface area contributed by atoms with Gasteiger partial charge in [0.05, 0.1) is 24.9 Å². The van der Waals surface area contributed by atoms with Crippen molar-refractivity contribution >= 4 is 28.3 Å². The van der Waals surface area contributed by atoms with Gasteiger partial charge in [-0.05, 0) is 6.92 Å². The van der Waals surface area contributed by atoms with Crippen molar-refractivity contribution in [3.8, 4) is 0 Å². The van der Waals surface area contributed by atoms with Gasteiger partial charge < -0.3 is 9.15 Å². The van der Waals surface area contributed by atoms with E-state index in [0.29, 0.717) is 16.5 Å². The van der Waals surface area contributed by atoms with Crippen LogP contribution in [0.25, 0.3) is 0 Å². The van der Waals surface area contributed by atoms with E-state index in [2.05, 4.69) is 20.0 Å². The van der Waals surface area contributed by atoms with Crippen molar-refractivity contribution in [3.05, 3.63) is 28.9 Å². The van der Waals surface area contributed by atoms with E-state index in [-0.39, 0.29) is 18.2 Å². The fraction of sp³-hybridized carbons (Fsp3) is 0.273. The van der Waals surface area contributed by atoms with Gasteiger partial charge in [-0.25, -0.2) is 9.97 Å². The maximum Gasteiger partial charge on any atom is 0.311 e. The number of nitrogens with zero attached hydrogens (tertiary/aromatic N) is 2. The highest BCUT2D eigenvalue weighted by Crippen LogP contribution is 2.17. The molecule has 0 fully saturated rings. The molecule has 0 unspecified atom stereocenters. The molecule has 2 aromatic heterocycles. The first-order chi connectivity index (χ1) is 9.10. The lowest BCUT2D eigenvalue weighted by Crippen LogP contribution is -2.12. The van der Waals surface area contributed by atoms with Crippen molar-refractivity contribution in [3.63, 3.8) is 0 Å². The average molecular weight is 281 g/mol. The minimum absolute atomic E-state index is 0.0736. The summed E-state index contributed by atoms with van der Waals surface area (Å²) in [5.74, 6) is -0.659. The van der Waals surface area contributed by atoms with Crippen LogP contribution in [-0.2, 0) is 16.0 Å². The van der Waals surface area contributed by atoms with Crippen LogP contribution in [0.15, 0.2) is 16.2 Å². The molecule has 7 nitrogen and oxygen atoms in total. The Morgan fingerprint density at radius 2 is 2.32 bits per heavy atom. The number of aryl methyl sites for hydroxylation is 1. The lowest BCUT2D eigenvalue weighted by molar-refractivity contribution is -0.139. The predicted octanol–water partition coefficient (Wildman–Crippen LogP) is 1.41. The first-order valence-electron chi connectivity index (χ1n) is 5.33. The summed E-state index contributed by atoms with van der Waals surface area (Å²) in [5.41, 5.74) is 1.05. The van der Waals surface area contributed by atoms with Crippen LogP contribution in [0.5, 0.6) is 0 Å². The largest absolute Gasteiger partial charge is 0.469 e. The van der Waals surface area contributed by atoms with Crippen LogP contribution in [0, 0.1) is 6.92 Å². The van der Waals surface area contributed by atoms with Crippen molar-refractivity contribution in [2.24, 2.45) is 0 Å². The first kappa shape index (κ1) is 13.2. The van der Waals surface area contributed by atoms with Crippen molar-refractivity contribution in [2.45, 2.75) is 13.3 Å². The van der Waals surface area contributed by atoms with Gasteiger partial charge in [-0.15, -0.1) is 11.3 Å². The van der Waals surface area contributed by atoms with Gasteiger partial charge in [-0.3, -0.25) is 14.9 Å². The highest BCUT2D eigenvalue weighted by molar-refractivity contribution is 7.14. The summed E-state index contributed by atoms with van der Waals surface area (Å²) in [6, 6.07) is 0. The maximum atomic E-state index is 11.8. The van der Waals surface area contributed by atoms with E-state index in [1.165, 1.54) is 24.8 Å². The highest BCUT2D eigenvalue weighted by atomic mass is 32.1. The third kappa shape index (κ3) is 3.16. The second-order valence-electron chi connectivity index (χ2n) is 3.62. The van der Waals surface area contributed by atoms with Crippen LogP contribution in [0.1, 0.15) is 21.9 Å². The van der Waals surface area contributed by atoms with Gasteiger partial charge in [-0.2, -0.15) is 0 Å². The molecular weight excluding hydrogens is 270 g/mol. The molecule has 2 aromatic rings. The molecule has 0 aliphatic heterocycles. The van der Waals surface area contributed by atoms with E-state index in [1.54, 1.807) is 12.3 Å². The second-order valence-corrected chi connectivity index (χ2v) is 4.48. The summed E-state index contributed by atoms with van der Waals surface area (Å²) in [6.07, 6.45) is 1.28. The number of aromatic nitrogens is 2. The second kappa shape index (κ2) is 5.61. The van der Waals surface area contributed by atoms with E-state index in [1.807, 2.05) is 0 Å². The van der Waals surface area contributed by atoms with Crippen molar-refractivity contribution in [1.82, 2.24) is 9.97 Å². The van der Waals surface area contributed by atoms with Crippen LogP contribution in [0.4, 0.5) is 5.13 Å². The number of carbonyl (C=O) groups is 2. The number of amides is 1.